The standard InChI is InChI=1S/C11H11NO/c12-8-9-2-4-10(5-3-9)11(13)6-1-7-11/h2-5,13H,1,6-7H2. The Kier molecular flexibility index (Phi) is 1.82. The lowest BCUT2D eigenvalue weighted by atomic mass is 9.75. The van der Waals surface area contributed by atoms with Crippen LogP contribution in [-0.2, 0) is 5.60 Å². The summed E-state index contributed by atoms with van der Waals surface area (Å²) in [7, 11) is 0. The molecule has 2 rings (SSSR count). The molecule has 0 bridgehead atoms. The van der Waals surface area contributed by atoms with E-state index in [2.05, 4.69) is 6.07 Å². The van der Waals surface area contributed by atoms with E-state index >= 15 is 0 Å². The van der Waals surface area contributed by atoms with E-state index in [0.29, 0.717) is 5.56 Å². The Morgan fingerprint density at radius 3 is 2.23 bits per heavy atom. The van der Waals surface area contributed by atoms with Crippen LogP contribution in [0.4, 0.5) is 0 Å². The summed E-state index contributed by atoms with van der Waals surface area (Å²) in [6.07, 6.45) is 2.79. The van der Waals surface area contributed by atoms with Gasteiger partial charge in [0, 0.05) is 0 Å². The van der Waals surface area contributed by atoms with Crippen molar-refractivity contribution in [3.05, 3.63) is 35.4 Å². The maximum Gasteiger partial charge on any atom is 0.0991 e. The Balaban J connectivity index is 2.28. The molecule has 2 heteroatoms. The fraction of sp³-hybridized carbons (Fsp3) is 0.364. The van der Waals surface area contributed by atoms with Gasteiger partial charge in [-0.15, -0.1) is 0 Å². The van der Waals surface area contributed by atoms with Crippen molar-refractivity contribution in [3.8, 4) is 6.07 Å². The predicted octanol–water partition coefficient (Wildman–Crippen LogP) is 1.93. The summed E-state index contributed by atoms with van der Waals surface area (Å²) in [6, 6.07) is 9.26. The lowest BCUT2D eigenvalue weighted by molar-refractivity contribution is -0.0387. The summed E-state index contributed by atoms with van der Waals surface area (Å²) in [5, 5.41) is 18.6. The number of nitriles is 1. The molecule has 1 aliphatic carbocycles. The van der Waals surface area contributed by atoms with Crippen LogP contribution >= 0.6 is 0 Å². The van der Waals surface area contributed by atoms with Gasteiger partial charge in [-0.3, -0.25) is 0 Å². The number of aliphatic hydroxyl groups is 1. The van der Waals surface area contributed by atoms with Crippen LogP contribution in [0.25, 0.3) is 0 Å². The molecule has 66 valence electrons. The maximum absolute atomic E-state index is 9.96. The Labute approximate surface area is 77.4 Å². The predicted molar refractivity (Wildman–Crippen MR) is 48.9 cm³/mol. The van der Waals surface area contributed by atoms with Crippen LogP contribution in [0.1, 0.15) is 30.4 Å². The number of benzene rings is 1. The molecule has 0 amide bonds. The fourth-order valence-electron chi connectivity index (χ4n) is 1.66. The van der Waals surface area contributed by atoms with Gasteiger partial charge >= 0.3 is 0 Å². The first kappa shape index (κ1) is 8.28. The van der Waals surface area contributed by atoms with E-state index in [1.807, 2.05) is 12.1 Å². The van der Waals surface area contributed by atoms with Gasteiger partial charge in [-0.2, -0.15) is 5.26 Å². The van der Waals surface area contributed by atoms with Gasteiger partial charge in [0.2, 0.25) is 0 Å². The first-order valence-electron chi connectivity index (χ1n) is 4.48. The number of rotatable bonds is 1. The fourth-order valence-corrected chi connectivity index (χ4v) is 1.66. The highest BCUT2D eigenvalue weighted by molar-refractivity contribution is 5.34. The third-order valence-corrected chi connectivity index (χ3v) is 2.73. The zero-order valence-corrected chi connectivity index (χ0v) is 7.33. The summed E-state index contributed by atoms with van der Waals surface area (Å²) >= 11 is 0. The Hall–Kier alpha value is -1.33. The molecule has 13 heavy (non-hydrogen) atoms. The monoisotopic (exact) mass is 173 g/mol. The molecule has 0 radical (unpaired) electrons. The van der Waals surface area contributed by atoms with Gasteiger partial charge in [0.15, 0.2) is 0 Å². The molecule has 1 aromatic rings. The van der Waals surface area contributed by atoms with Crippen LogP contribution in [-0.4, -0.2) is 5.11 Å². The number of hydrogen-bond donors (Lipinski definition) is 1. The molecule has 0 aliphatic heterocycles. The molecule has 2 nitrogen and oxygen atoms in total. The van der Waals surface area contributed by atoms with Crippen LogP contribution in [0.2, 0.25) is 0 Å². The van der Waals surface area contributed by atoms with E-state index in [1.165, 1.54) is 0 Å². The van der Waals surface area contributed by atoms with Gasteiger partial charge in [-0.25, -0.2) is 0 Å². The second-order valence-electron chi connectivity index (χ2n) is 3.57. The molecule has 1 N–H and O–H groups in total. The first-order chi connectivity index (χ1) is 6.24. The molecular weight excluding hydrogens is 162 g/mol. The molecule has 1 fully saturated rings. The minimum absolute atomic E-state index is 0.603. The third kappa shape index (κ3) is 1.32. The summed E-state index contributed by atoms with van der Waals surface area (Å²) in [5.41, 5.74) is 0.984. The Morgan fingerprint density at radius 2 is 1.85 bits per heavy atom. The Bertz CT molecular complexity index is 343. The summed E-state index contributed by atoms with van der Waals surface area (Å²) < 4.78 is 0. The number of hydrogen-bond acceptors (Lipinski definition) is 2. The second kappa shape index (κ2) is 2.86. The van der Waals surface area contributed by atoms with Crippen molar-refractivity contribution >= 4 is 0 Å². The minimum atomic E-state index is -0.603. The first-order valence-corrected chi connectivity index (χ1v) is 4.48. The molecule has 0 unspecified atom stereocenters. The molecule has 0 atom stereocenters. The highest BCUT2D eigenvalue weighted by Crippen LogP contribution is 2.40. The normalized spacial score (nSPS) is 18.8. The van der Waals surface area contributed by atoms with E-state index < -0.39 is 5.60 Å². The van der Waals surface area contributed by atoms with Crippen molar-refractivity contribution in [2.75, 3.05) is 0 Å². The maximum atomic E-state index is 9.96. The van der Waals surface area contributed by atoms with Crippen LogP contribution in [0, 0.1) is 11.3 Å². The van der Waals surface area contributed by atoms with Crippen molar-refractivity contribution < 1.29 is 5.11 Å². The topological polar surface area (TPSA) is 44.0 Å². The SMILES string of the molecule is N#Cc1ccc(C2(O)CCC2)cc1. The molecule has 1 aliphatic rings. The van der Waals surface area contributed by atoms with Gasteiger partial charge in [-0.05, 0) is 37.0 Å². The average Bonchev–Trinajstić information content (AvgIpc) is 2.14. The van der Waals surface area contributed by atoms with Crippen molar-refractivity contribution in [2.24, 2.45) is 0 Å². The highest BCUT2D eigenvalue weighted by atomic mass is 16.3. The second-order valence-corrected chi connectivity index (χ2v) is 3.57. The van der Waals surface area contributed by atoms with Crippen LogP contribution in [0.5, 0.6) is 0 Å². The third-order valence-electron chi connectivity index (χ3n) is 2.73. The molecule has 0 heterocycles. The molecule has 0 saturated heterocycles. The van der Waals surface area contributed by atoms with Gasteiger partial charge in [-0.1, -0.05) is 12.1 Å². The van der Waals surface area contributed by atoms with Gasteiger partial charge in [0.25, 0.3) is 0 Å². The van der Waals surface area contributed by atoms with Crippen molar-refractivity contribution in [1.29, 1.82) is 5.26 Å². The number of nitrogens with zero attached hydrogens (tertiary/aromatic N) is 1. The van der Waals surface area contributed by atoms with E-state index in [4.69, 9.17) is 5.26 Å². The zero-order valence-electron chi connectivity index (χ0n) is 7.33. The van der Waals surface area contributed by atoms with Crippen LogP contribution < -0.4 is 0 Å². The van der Waals surface area contributed by atoms with E-state index in [9.17, 15) is 5.11 Å². The van der Waals surface area contributed by atoms with Gasteiger partial charge < -0.3 is 5.11 Å². The lowest BCUT2D eigenvalue weighted by Gasteiger charge is -2.37. The zero-order chi connectivity index (χ0) is 9.31. The van der Waals surface area contributed by atoms with Crippen LogP contribution in [0.15, 0.2) is 24.3 Å². The molecule has 1 aromatic carbocycles. The van der Waals surface area contributed by atoms with E-state index in [0.717, 1.165) is 24.8 Å². The van der Waals surface area contributed by atoms with E-state index in [-0.39, 0.29) is 0 Å². The molecular formula is C11H11NO. The van der Waals surface area contributed by atoms with Gasteiger partial charge in [0.05, 0.1) is 17.2 Å². The average molecular weight is 173 g/mol. The minimum Gasteiger partial charge on any atom is -0.385 e. The highest BCUT2D eigenvalue weighted by Gasteiger charge is 2.35. The Morgan fingerprint density at radius 1 is 1.23 bits per heavy atom. The van der Waals surface area contributed by atoms with Crippen molar-refractivity contribution in [1.82, 2.24) is 0 Å². The summed E-state index contributed by atoms with van der Waals surface area (Å²) in [6.45, 7) is 0. The van der Waals surface area contributed by atoms with Gasteiger partial charge in [0.1, 0.15) is 0 Å². The summed E-state index contributed by atoms with van der Waals surface area (Å²) in [5.74, 6) is 0. The largest absolute Gasteiger partial charge is 0.385 e. The smallest absolute Gasteiger partial charge is 0.0991 e. The molecule has 0 aromatic heterocycles. The van der Waals surface area contributed by atoms with Crippen LogP contribution in [0.3, 0.4) is 0 Å². The molecule has 0 spiro atoms. The van der Waals surface area contributed by atoms with Crippen molar-refractivity contribution in [2.45, 2.75) is 24.9 Å². The lowest BCUT2D eigenvalue weighted by Crippen LogP contribution is -2.33. The molecule has 1 saturated carbocycles. The van der Waals surface area contributed by atoms with Crippen molar-refractivity contribution in [3.63, 3.8) is 0 Å². The summed E-state index contributed by atoms with van der Waals surface area (Å²) in [4.78, 5) is 0. The quantitative estimate of drug-likeness (QED) is 0.705. The van der Waals surface area contributed by atoms with E-state index in [1.54, 1.807) is 12.1 Å².